The SMILES string of the molecule is CNc1nc(N(C)Cc2ccccc2Cl)c2[nH]cnc2n1. The predicted octanol–water partition coefficient (Wildman–Crippen LogP) is 2.68. The maximum atomic E-state index is 6.22. The number of aromatic nitrogens is 4. The molecule has 0 radical (unpaired) electrons. The van der Waals surface area contributed by atoms with Crippen molar-refractivity contribution in [3.8, 4) is 0 Å². The van der Waals surface area contributed by atoms with Crippen molar-refractivity contribution < 1.29 is 0 Å². The monoisotopic (exact) mass is 302 g/mol. The topological polar surface area (TPSA) is 69.7 Å². The third-order valence-corrected chi connectivity index (χ3v) is 3.59. The van der Waals surface area contributed by atoms with Gasteiger partial charge in [0.25, 0.3) is 0 Å². The summed E-state index contributed by atoms with van der Waals surface area (Å²) in [5, 5.41) is 3.69. The first-order valence-corrected chi connectivity index (χ1v) is 6.90. The number of benzene rings is 1. The van der Waals surface area contributed by atoms with Gasteiger partial charge in [-0.3, -0.25) is 0 Å². The third kappa shape index (κ3) is 2.62. The summed E-state index contributed by atoms with van der Waals surface area (Å²) in [5.74, 6) is 1.32. The number of rotatable bonds is 4. The average Bonchev–Trinajstić information content (AvgIpc) is 2.96. The van der Waals surface area contributed by atoms with E-state index in [1.807, 2.05) is 36.2 Å². The summed E-state index contributed by atoms with van der Waals surface area (Å²) in [6.45, 7) is 0.647. The van der Waals surface area contributed by atoms with Gasteiger partial charge in [0, 0.05) is 25.7 Å². The van der Waals surface area contributed by atoms with Crippen LogP contribution in [-0.4, -0.2) is 34.0 Å². The molecule has 2 aromatic heterocycles. The zero-order valence-electron chi connectivity index (χ0n) is 11.8. The number of nitrogens with zero attached hydrogens (tertiary/aromatic N) is 4. The van der Waals surface area contributed by atoms with E-state index in [0.29, 0.717) is 18.1 Å². The molecule has 21 heavy (non-hydrogen) atoms. The Kier molecular flexibility index (Phi) is 3.62. The molecule has 0 atom stereocenters. The van der Waals surface area contributed by atoms with Gasteiger partial charge in [0.2, 0.25) is 5.95 Å². The molecule has 3 aromatic rings. The van der Waals surface area contributed by atoms with Crippen LogP contribution in [-0.2, 0) is 6.54 Å². The lowest BCUT2D eigenvalue weighted by Crippen LogP contribution is -2.19. The lowest BCUT2D eigenvalue weighted by molar-refractivity contribution is 0.899. The Morgan fingerprint density at radius 1 is 1.29 bits per heavy atom. The first-order chi connectivity index (χ1) is 10.2. The second kappa shape index (κ2) is 5.57. The number of anilines is 2. The van der Waals surface area contributed by atoms with Crippen molar-refractivity contribution in [1.29, 1.82) is 0 Å². The Morgan fingerprint density at radius 2 is 2.10 bits per heavy atom. The number of hydrogen-bond donors (Lipinski definition) is 2. The molecular weight excluding hydrogens is 288 g/mol. The van der Waals surface area contributed by atoms with E-state index in [1.165, 1.54) is 0 Å². The van der Waals surface area contributed by atoms with Crippen LogP contribution in [0, 0.1) is 0 Å². The summed E-state index contributed by atoms with van der Waals surface area (Å²) >= 11 is 6.22. The number of halogens is 1. The average molecular weight is 303 g/mol. The molecule has 0 bridgehead atoms. The molecule has 7 heteroatoms. The molecule has 0 spiro atoms. The smallest absolute Gasteiger partial charge is 0.226 e. The Bertz CT molecular complexity index is 769. The van der Waals surface area contributed by atoms with Gasteiger partial charge in [0.05, 0.1) is 6.33 Å². The second-order valence-electron chi connectivity index (χ2n) is 4.67. The van der Waals surface area contributed by atoms with E-state index in [1.54, 1.807) is 13.4 Å². The van der Waals surface area contributed by atoms with Crippen LogP contribution in [0.25, 0.3) is 11.2 Å². The van der Waals surface area contributed by atoms with Crippen LogP contribution in [0.15, 0.2) is 30.6 Å². The highest BCUT2D eigenvalue weighted by molar-refractivity contribution is 6.31. The molecule has 0 aliphatic rings. The van der Waals surface area contributed by atoms with E-state index in [4.69, 9.17) is 11.6 Å². The fraction of sp³-hybridized carbons (Fsp3) is 0.214. The van der Waals surface area contributed by atoms with Gasteiger partial charge >= 0.3 is 0 Å². The fourth-order valence-corrected chi connectivity index (χ4v) is 2.36. The molecule has 0 fully saturated rings. The van der Waals surface area contributed by atoms with Crippen LogP contribution in [0.2, 0.25) is 5.02 Å². The van der Waals surface area contributed by atoms with Gasteiger partial charge < -0.3 is 15.2 Å². The quantitative estimate of drug-likeness (QED) is 0.775. The minimum absolute atomic E-state index is 0.538. The highest BCUT2D eigenvalue weighted by atomic mass is 35.5. The molecule has 1 aromatic carbocycles. The highest BCUT2D eigenvalue weighted by Crippen LogP contribution is 2.24. The maximum Gasteiger partial charge on any atom is 0.226 e. The lowest BCUT2D eigenvalue weighted by Gasteiger charge is -2.19. The van der Waals surface area contributed by atoms with Crippen molar-refractivity contribution in [2.75, 3.05) is 24.3 Å². The Hall–Kier alpha value is -2.34. The van der Waals surface area contributed by atoms with Gasteiger partial charge in [-0.2, -0.15) is 9.97 Å². The molecule has 6 nitrogen and oxygen atoms in total. The summed E-state index contributed by atoms with van der Waals surface area (Å²) in [6, 6.07) is 7.78. The maximum absolute atomic E-state index is 6.22. The van der Waals surface area contributed by atoms with Crippen molar-refractivity contribution in [2.24, 2.45) is 0 Å². The van der Waals surface area contributed by atoms with Crippen molar-refractivity contribution in [3.05, 3.63) is 41.2 Å². The molecule has 0 aliphatic carbocycles. The minimum Gasteiger partial charge on any atom is -0.357 e. The second-order valence-corrected chi connectivity index (χ2v) is 5.08. The van der Waals surface area contributed by atoms with Crippen molar-refractivity contribution in [1.82, 2.24) is 19.9 Å². The molecule has 2 heterocycles. The highest BCUT2D eigenvalue weighted by Gasteiger charge is 2.14. The van der Waals surface area contributed by atoms with Gasteiger partial charge in [-0.1, -0.05) is 29.8 Å². The van der Waals surface area contributed by atoms with Gasteiger partial charge in [-0.15, -0.1) is 0 Å². The van der Waals surface area contributed by atoms with Gasteiger partial charge in [-0.25, -0.2) is 4.98 Å². The first kappa shape index (κ1) is 13.6. The molecule has 0 unspecified atom stereocenters. The van der Waals surface area contributed by atoms with Crippen LogP contribution in [0.4, 0.5) is 11.8 Å². The summed E-state index contributed by atoms with van der Waals surface area (Å²) in [4.78, 5) is 18.1. The lowest BCUT2D eigenvalue weighted by atomic mass is 10.2. The van der Waals surface area contributed by atoms with E-state index in [0.717, 1.165) is 21.9 Å². The predicted molar refractivity (Wildman–Crippen MR) is 84.8 cm³/mol. The zero-order valence-corrected chi connectivity index (χ0v) is 12.5. The zero-order chi connectivity index (χ0) is 14.8. The minimum atomic E-state index is 0.538. The van der Waals surface area contributed by atoms with E-state index >= 15 is 0 Å². The van der Waals surface area contributed by atoms with Gasteiger partial charge in [0.15, 0.2) is 11.5 Å². The van der Waals surface area contributed by atoms with E-state index in [-0.39, 0.29) is 0 Å². The number of H-pyrrole nitrogens is 1. The van der Waals surface area contributed by atoms with Crippen LogP contribution < -0.4 is 10.2 Å². The summed E-state index contributed by atoms with van der Waals surface area (Å²) in [6.07, 6.45) is 1.62. The van der Waals surface area contributed by atoms with Crippen LogP contribution in [0.5, 0.6) is 0 Å². The summed E-state index contributed by atoms with van der Waals surface area (Å²) < 4.78 is 0. The van der Waals surface area contributed by atoms with Crippen molar-refractivity contribution >= 4 is 34.5 Å². The van der Waals surface area contributed by atoms with E-state index in [2.05, 4.69) is 25.3 Å². The number of nitrogens with one attached hydrogen (secondary N) is 2. The van der Waals surface area contributed by atoms with E-state index in [9.17, 15) is 0 Å². The van der Waals surface area contributed by atoms with Gasteiger partial charge in [-0.05, 0) is 11.6 Å². The molecular formula is C14H15ClN6. The molecule has 0 saturated carbocycles. The van der Waals surface area contributed by atoms with Crippen LogP contribution >= 0.6 is 11.6 Å². The first-order valence-electron chi connectivity index (χ1n) is 6.52. The van der Waals surface area contributed by atoms with Crippen LogP contribution in [0.1, 0.15) is 5.56 Å². The fourth-order valence-electron chi connectivity index (χ4n) is 2.16. The molecule has 3 rings (SSSR count). The number of aromatic amines is 1. The van der Waals surface area contributed by atoms with E-state index < -0.39 is 0 Å². The summed E-state index contributed by atoms with van der Waals surface area (Å²) in [7, 11) is 3.75. The molecule has 0 aliphatic heterocycles. The summed E-state index contributed by atoms with van der Waals surface area (Å²) in [5.41, 5.74) is 2.48. The Balaban J connectivity index is 1.99. The molecule has 108 valence electrons. The molecule has 2 N–H and O–H groups in total. The third-order valence-electron chi connectivity index (χ3n) is 3.22. The van der Waals surface area contributed by atoms with Crippen LogP contribution in [0.3, 0.4) is 0 Å². The molecule has 0 saturated heterocycles. The molecule has 0 amide bonds. The van der Waals surface area contributed by atoms with Crippen molar-refractivity contribution in [3.63, 3.8) is 0 Å². The Labute approximate surface area is 127 Å². The Morgan fingerprint density at radius 3 is 2.86 bits per heavy atom. The van der Waals surface area contributed by atoms with Crippen molar-refractivity contribution in [2.45, 2.75) is 6.54 Å². The normalized spacial score (nSPS) is 10.8. The number of hydrogen-bond acceptors (Lipinski definition) is 5. The largest absolute Gasteiger partial charge is 0.357 e. The standard InChI is InChI=1S/C14H15ClN6/c1-16-14-19-12-11(17-8-18-12)13(20-14)21(2)7-9-5-3-4-6-10(9)15/h3-6,8H,7H2,1-2H3,(H2,16,17,18,19,20). The number of fused-ring (bicyclic) bond motifs is 1. The van der Waals surface area contributed by atoms with Gasteiger partial charge in [0.1, 0.15) is 5.52 Å². The number of imidazole rings is 1.